The monoisotopic (exact) mass is 264 g/mol. The molecule has 1 aromatic carbocycles. The Labute approximate surface area is 113 Å². The molecule has 1 N–H and O–H groups in total. The fourth-order valence-electron chi connectivity index (χ4n) is 2.18. The zero-order chi connectivity index (χ0) is 13.0. The highest BCUT2D eigenvalue weighted by Crippen LogP contribution is 2.22. The van der Waals surface area contributed by atoms with Crippen LogP contribution in [-0.2, 0) is 4.79 Å². The van der Waals surface area contributed by atoms with Crippen molar-refractivity contribution in [2.24, 2.45) is 0 Å². The maximum Gasteiger partial charge on any atom is 0.245 e. The first kappa shape index (κ1) is 13.4. The normalized spacial score (nSPS) is 21.3. The summed E-state index contributed by atoms with van der Waals surface area (Å²) in [5.41, 5.74) is 1.06. The number of nitrogens with zero attached hydrogens (tertiary/aromatic N) is 1. The molecule has 1 fully saturated rings. The van der Waals surface area contributed by atoms with E-state index in [2.05, 4.69) is 19.2 Å². The van der Waals surface area contributed by atoms with Gasteiger partial charge in [0.2, 0.25) is 5.91 Å². The van der Waals surface area contributed by atoms with Crippen molar-refractivity contribution in [2.45, 2.75) is 25.9 Å². The van der Waals surface area contributed by atoms with Gasteiger partial charge in [0.25, 0.3) is 0 Å². The third-order valence-electron chi connectivity index (χ3n) is 3.22. The highest BCUT2D eigenvalue weighted by molar-refractivity contribution is 7.99. The number of benzene rings is 1. The molecule has 1 heterocycles. The largest absolute Gasteiger partial charge is 0.325 e. The lowest BCUT2D eigenvalue weighted by atomic mass is 10.1. The Morgan fingerprint density at radius 2 is 2.17 bits per heavy atom. The summed E-state index contributed by atoms with van der Waals surface area (Å²) in [4.78, 5) is 14.3. The summed E-state index contributed by atoms with van der Waals surface area (Å²) in [6.07, 6.45) is 0. The van der Waals surface area contributed by atoms with Crippen molar-refractivity contribution in [3.05, 3.63) is 35.9 Å². The van der Waals surface area contributed by atoms with Gasteiger partial charge in [-0.3, -0.25) is 10.1 Å². The van der Waals surface area contributed by atoms with Crippen molar-refractivity contribution >= 4 is 17.7 Å². The fourth-order valence-corrected chi connectivity index (χ4v) is 2.93. The molecule has 1 aliphatic heterocycles. The van der Waals surface area contributed by atoms with Crippen molar-refractivity contribution < 1.29 is 4.79 Å². The van der Waals surface area contributed by atoms with E-state index in [1.165, 1.54) is 0 Å². The predicted octanol–water partition coefficient (Wildman–Crippen LogP) is 2.26. The van der Waals surface area contributed by atoms with Gasteiger partial charge in [-0.25, -0.2) is 0 Å². The van der Waals surface area contributed by atoms with Crippen LogP contribution in [0, 0.1) is 0 Å². The van der Waals surface area contributed by atoms with Gasteiger partial charge in [-0.05, 0) is 18.2 Å². The van der Waals surface area contributed by atoms with Crippen molar-refractivity contribution in [3.63, 3.8) is 0 Å². The molecular weight excluding hydrogens is 244 g/mol. The average Bonchev–Trinajstić information content (AvgIpc) is 2.79. The Balaban J connectivity index is 2.01. The Hall–Kier alpha value is -1.00. The van der Waals surface area contributed by atoms with E-state index in [4.69, 9.17) is 0 Å². The number of hydrogen-bond acceptors (Lipinski definition) is 3. The van der Waals surface area contributed by atoms with Crippen molar-refractivity contribution in [3.8, 4) is 0 Å². The van der Waals surface area contributed by atoms with Crippen LogP contribution in [0.2, 0.25) is 0 Å². The van der Waals surface area contributed by atoms with E-state index in [-0.39, 0.29) is 11.9 Å². The minimum absolute atomic E-state index is 0.166. The van der Waals surface area contributed by atoms with E-state index >= 15 is 0 Å². The minimum Gasteiger partial charge on any atom is -0.325 e. The summed E-state index contributed by atoms with van der Waals surface area (Å²) in [6.45, 7) is 4.92. The molecule has 2 unspecified atom stereocenters. The molecule has 1 aromatic rings. The van der Waals surface area contributed by atoms with E-state index < -0.39 is 0 Å². The molecule has 4 heteroatoms. The first-order valence-corrected chi connectivity index (χ1v) is 7.56. The van der Waals surface area contributed by atoms with Gasteiger partial charge in [0.1, 0.15) is 6.04 Å². The molecule has 2 atom stereocenters. The third kappa shape index (κ3) is 2.87. The lowest BCUT2D eigenvalue weighted by Crippen LogP contribution is -2.37. The predicted molar refractivity (Wildman–Crippen MR) is 76.5 cm³/mol. The lowest BCUT2D eigenvalue weighted by molar-refractivity contribution is -0.130. The fraction of sp³-hybridized carbons (Fsp3) is 0.500. The molecule has 3 nitrogen and oxygen atoms in total. The van der Waals surface area contributed by atoms with Crippen LogP contribution in [0.5, 0.6) is 0 Å². The molecule has 0 aromatic heterocycles. The van der Waals surface area contributed by atoms with Crippen LogP contribution < -0.4 is 5.32 Å². The van der Waals surface area contributed by atoms with Gasteiger partial charge < -0.3 is 4.90 Å². The smallest absolute Gasteiger partial charge is 0.245 e. The lowest BCUT2D eigenvalue weighted by Gasteiger charge is -2.23. The Kier molecular flexibility index (Phi) is 4.66. The molecule has 0 aliphatic carbocycles. The second-order valence-corrected chi connectivity index (χ2v) is 5.84. The minimum atomic E-state index is -0.166. The molecule has 0 saturated carbocycles. The Bertz CT molecular complexity index is 396. The van der Waals surface area contributed by atoms with Crippen LogP contribution in [0.3, 0.4) is 0 Å². The molecule has 0 radical (unpaired) electrons. The topological polar surface area (TPSA) is 32.3 Å². The summed E-state index contributed by atoms with van der Waals surface area (Å²) in [5, 5.41) is 3.30. The van der Waals surface area contributed by atoms with Crippen LogP contribution in [-0.4, -0.2) is 35.0 Å². The van der Waals surface area contributed by atoms with Gasteiger partial charge in [0.15, 0.2) is 0 Å². The molecule has 1 amide bonds. The molecule has 18 heavy (non-hydrogen) atoms. The van der Waals surface area contributed by atoms with Gasteiger partial charge in [-0.15, -0.1) is 0 Å². The van der Waals surface area contributed by atoms with Crippen molar-refractivity contribution in [1.82, 2.24) is 10.2 Å². The average molecular weight is 264 g/mol. The quantitative estimate of drug-likeness (QED) is 0.885. The van der Waals surface area contributed by atoms with Crippen LogP contribution in [0.15, 0.2) is 30.3 Å². The number of nitrogens with one attached hydrogen (secondary N) is 1. The van der Waals surface area contributed by atoms with E-state index in [1.807, 2.05) is 47.0 Å². The van der Waals surface area contributed by atoms with Gasteiger partial charge in [-0.2, -0.15) is 11.8 Å². The molecule has 1 saturated heterocycles. The second-order valence-electron chi connectivity index (χ2n) is 4.52. The van der Waals surface area contributed by atoms with Gasteiger partial charge >= 0.3 is 0 Å². The summed E-state index contributed by atoms with van der Waals surface area (Å²) in [6, 6.07) is 10.1. The first-order chi connectivity index (χ1) is 8.74. The third-order valence-corrected chi connectivity index (χ3v) is 4.35. The van der Waals surface area contributed by atoms with E-state index in [1.54, 1.807) is 0 Å². The summed E-state index contributed by atoms with van der Waals surface area (Å²) < 4.78 is 0. The molecule has 2 rings (SSSR count). The van der Waals surface area contributed by atoms with Crippen LogP contribution in [0.1, 0.15) is 25.5 Å². The highest BCUT2D eigenvalue weighted by atomic mass is 32.2. The Morgan fingerprint density at radius 1 is 1.44 bits per heavy atom. The number of carbonyl (C=O) groups is 1. The van der Waals surface area contributed by atoms with Gasteiger partial charge in [0.05, 0.1) is 6.67 Å². The summed E-state index contributed by atoms with van der Waals surface area (Å²) in [5.74, 6) is 2.30. The number of hydrogen-bond donors (Lipinski definition) is 1. The molecule has 0 spiro atoms. The van der Waals surface area contributed by atoms with Crippen LogP contribution in [0.25, 0.3) is 0 Å². The van der Waals surface area contributed by atoms with E-state index in [9.17, 15) is 4.79 Å². The second kappa shape index (κ2) is 6.25. The van der Waals surface area contributed by atoms with Crippen LogP contribution >= 0.6 is 11.8 Å². The number of rotatable bonds is 5. The van der Waals surface area contributed by atoms with Crippen molar-refractivity contribution in [2.75, 3.05) is 18.2 Å². The summed E-state index contributed by atoms with van der Waals surface area (Å²) in [7, 11) is 0. The Morgan fingerprint density at radius 3 is 2.83 bits per heavy atom. The van der Waals surface area contributed by atoms with Crippen molar-refractivity contribution in [1.29, 1.82) is 0 Å². The molecule has 0 bridgehead atoms. The summed E-state index contributed by atoms with van der Waals surface area (Å²) >= 11 is 1.88. The SMILES string of the molecule is CCSCC(C)N1CNC(c2ccccc2)C1=O. The van der Waals surface area contributed by atoms with Crippen LogP contribution in [0.4, 0.5) is 0 Å². The molecule has 1 aliphatic rings. The van der Waals surface area contributed by atoms with Gasteiger partial charge in [-0.1, -0.05) is 37.3 Å². The highest BCUT2D eigenvalue weighted by Gasteiger charge is 2.34. The first-order valence-electron chi connectivity index (χ1n) is 6.40. The number of carbonyl (C=O) groups excluding carboxylic acids is 1. The van der Waals surface area contributed by atoms with E-state index in [0.717, 1.165) is 17.1 Å². The number of amides is 1. The van der Waals surface area contributed by atoms with E-state index in [0.29, 0.717) is 12.7 Å². The molecular formula is C14H20N2OS. The zero-order valence-electron chi connectivity index (χ0n) is 10.9. The molecule has 98 valence electrons. The maximum absolute atomic E-state index is 12.4. The number of thioether (sulfide) groups is 1. The standard InChI is InChI=1S/C14H20N2OS/c1-3-18-9-11(2)16-10-15-13(14(16)17)12-7-5-4-6-8-12/h4-8,11,13,15H,3,9-10H2,1-2H3. The van der Waals surface area contributed by atoms with Gasteiger partial charge in [0, 0.05) is 11.8 Å². The maximum atomic E-state index is 12.4. The zero-order valence-corrected chi connectivity index (χ0v) is 11.7.